The average Bonchev–Trinajstić information content (AvgIpc) is 2.27. The van der Waals surface area contributed by atoms with Crippen LogP contribution < -0.4 is 4.74 Å². The molecule has 1 unspecified atom stereocenters. The Balaban J connectivity index is 2.76. The average molecular weight is 242 g/mol. The van der Waals surface area contributed by atoms with Gasteiger partial charge in [0.2, 0.25) is 0 Å². The van der Waals surface area contributed by atoms with E-state index in [1.807, 2.05) is 13.8 Å². The molecular formula is C13H19FO3. The topological polar surface area (TPSA) is 49.7 Å². The Bertz CT molecular complexity index is 375. The van der Waals surface area contributed by atoms with Crippen molar-refractivity contribution >= 4 is 0 Å². The van der Waals surface area contributed by atoms with Crippen LogP contribution in [0, 0.1) is 11.7 Å². The second-order valence-electron chi connectivity index (χ2n) is 4.71. The SMILES string of the molecule is CC(C)C(C)(O)COc1ccc(F)cc1CO. The smallest absolute Gasteiger partial charge is 0.125 e. The number of aliphatic hydroxyl groups excluding tert-OH is 1. The normalized spacial score (nSPS) is 14.8. The summed E-state index contributed by atoms with van der Waals surface area (Å²) in [5.74, 6) is 0.0207. The zero-order chi connectivity index (χ0) is 13.1. The lowest BCUT2D eigenvalue weighted by atomic mass is 9.94. The van der Waals surface area contributed by atoms with Gasteiger partial charge in [0.25, 0.3) is 0 Å². The fraction of sp³-hybridized carbons (Fsp3) is 0.538. The third-order valence-electron chi connectivity index (χ3n) is 2.96. The molecule has 0 spiro atoms. The summed E-state index contributed by atoms with van der Waals surface area (Å²) in [7, 11) is 0. The first-order valence-corrected chi connectivity index (χ1v) is 5.61. The Labute approximate surface area is 101 Å². The van der Waals surface area contributed by atoms with Crippen molar-refractivity contribution in [3.8, 4) is 5.75 Å². The molecule has 1 atom stereocenters. The summed E-state index contributed by atoms with van der Waals surface area (Å²) < 4.78 is 18.4. The molecule has 0 aliphatic rings. The Kier molecular flexibility index (Phi) is 4.48. The molecule has 2 N–H and O–H groups in total. The first-order valence-electron chi connectivity index (χ1n) is 5.61. The Morgan fingerprint density at radius 3 is 2.59 bits per heavy atom. The van der Waals surface area contributed by atoms with E-state index < -0.39 is 11.4 Å². The molecule has 0 radical (unpaired) electrons. The van der Waals surface area contributed by atoms with Gasteiger partial charge in [-0.15, -0.1) is 0 Å². The van der Waals surface area contributed by atoms with Crippen LogP contribution in [0.3, 0.4) is 0 Å². The summed E-state index contributed by atoms with van der Waals surface area (Å²) in [6.07, 6.45) is 0. The summed E-state index contributed by atoms with van der Waals surface area (Å²) in [6, 6.07) is 3.94. The molecule has 0 aliphatic heterocycles. The molecule has 4 heteroatoms. The Morgan fingerprint density at radius 1 is 1.41 bits per heavy atom. The number of benzene rings is 1. The van der Waals surface area contributed by atoms with Gasteiger partial charge >= 0.3 is 0 Å². The van der Waals surface area contributed by atoms with Crippen LogP contribution in [0.4, 0.5) is 4.39 Å². The second-order valence-corrected chi connectivity index (χ2v) is 4.71. The molecule has 1 aromatic rings. The monoisotopic (exact) mass is 242 g/mol. The van der Waals surface area contributed by atoms with Crippen LogP contribution in [0.1, 0.15) is 26.3 Å². The van der Waals surface area contributed by atoms with Crippen molar-refractivity contribution in [2.24, 2.45) is 5.92 Å². The van der Waals surface area contributed by atoms with E-state index in [2.05, 4.69) is 0 Å². The van der Waals surface area contributed by atoms with E-state index in [0.29, 0.717) is 11.3 Å². The summed E-state index contributed by atoms with van der Waals surface area (Å²) in [6.45, 7) is 5.27. The zero-order valence-electron chi connectivity index (χ0n) is 10.4. The number of halogens is 1. The van der Waals surface area contributed by atoms with Crippen molar-refractivity contribution in [1.82, 2.24) is 0 Å². The van der Waals surface area contributed by atoms with Crippen molar-refractivity contribution in [3.63, 3.8) is 0 Å². The number of hydrogen-bond acceptors (Lipinski definition) is 3. The molecule has 96 valence electrons. The van der Waals surface area contributed by atoms with E-state index in [4.69, 9.17) is 9.84 Å². The Hall–Kier alpha value is -1.13. The lowest BCUT2D eigenvalue weighted by molar-refractivity contribution is -0.0271. The van der Waals surface area contributed by atoms with Gasteiger partial charge in [-0.2, -0.15) is 0 Å². The van der Waals surface area contributed by atoms with E-state index >= 15 is 0 Å². The fourth-order valence-corrected chi connectivity index (χ4v) is 1.20. The maximum absolute atomic E-state index is 12.9. The van der Waals surface area contributed by atoms with Crippen molar-refractivity contribution < 1.29 is 19.3 Å². The van der Waals surface area contributed by atoms with Crippen molar-refractivity contribution in [2.75, 3.05) is 6.61 Å². The van der Waals surface area contributed by atoms with Crippen LogP contribution in [-0.2, 0) is 6.61 Å². The van der Waals surface area contributed by atoms with Gasteiger partial charge in [-0.1, -0.05) is 13.8 Å². The van der Waals surface area contributed by atoms with Crippen molar-refractivity contribution in [2.45, 2.75) is 33.0 Å². The van der Waals surface area contributed by atoms with Gasteiger partial charge in [-0.05, 0) is 31.0 Å². The minimum Gasteiger partial charge on any atom is -0.490 e. The zero-order valence-corrected chi connectivity index (χ0v) is 10.4. The Morgan fingerprint density at radius 2 is 2.06 bits per heavy atom. The number of rotatable bonds is 5. The van der Waals surface area contributed by atoms with E-state index in [0.717, 1.165) is 0 Å². The van der Waals surface area contributed by atoms with Gasteiger partial charge in [0.05, 0.1) is 12.2 Å². The van der Waals surface area contributed by atoms with Gasteiger partial charge in [0.15, 0.2) is 0 Å². The largest absolute Gasteiger partial charge is 0.490 e. The number of aliphatic hydroxyl groups is 2. The maximum Gasteiger partial charge on any atom is 0.125 e. The fourth-order valence-electron chi connectivity index (χ4n) is 1.20. The van der Waals surface area contributed by atoms with E-state index in [-0.39, 0.29) is 19.1 Å². The van der Waals surface area contributed by atoms with Gasteiger partial charge in [0.1, 0.15) is 18.2 Å². The number of ether oxygens (including phenoxy) is 1. The molecule has 0 aromatic heterocycles. The van der Waals surface area contributed by atoms with Crippen LogP contribution >= 0.6 is 0 Å². The third-order valence-corrected chi connectivity index (χ3v) is 2.96. The quantitative estimate of drug-likeness (QED) is 0.831. The van der Waals surface area contributed by atoms with Crippen molar-refractivity contribution in [1.29, 1.82) is 0 Å². The van der Waals surface area contributed by atoms with E-state index in [1.165, 1.54) is 18.2 Å². The third kappa shape index (κ3) is 3.68. The molecule has 3 nitrogen and oxygen atoms in total. The highest BCUT2D eigenvalue weighted by Gasteiger charge is 2.26. The predicted octanol–water partition coefficient (Wildman–Crippen LogP) is 2.10. The second kappa shape index (κ2) is 5.47. The molecule has 1 aromatic carbocycles. The molecule has 0 saturated heterocycles. The molecule has 17 heavy (non-hydrogen) atoms. The molecule has 0 aliphatic carbocycles. The molecule has 0 heterocycles. The number of hydrogen-bond donors (Lipinski definition) is 2. The first-order chi connectivity index (χ1) is 7.86. The standard InChI is InChI=1S/C13H19FO3/c1-9(2)13(3,16)8-17-12-5-4-11(14)6-10(12)7-15/h4-6,9,15-16H,7-8H2,1-3H3. The van der Waals surface area contributed by atoms with E-state index in [1.54, 1.807) is 6.92 Å². The summed E-state index contributed by atoms with van der Waals surface area (Å²) in [5, 5.41) is 19.1. The highest BCUT2D eigenvalue weighted by molar-refractivity contribution is 5.33. The maximum atomic E-state index is 12.9. The van der Waals surface area contributed by atoms with Crippen LogP contribution in [-0.4, -0.2) is 22.4 Å². The van der Waals surface area contributed by atoms with Gasteiger partial charge in [-0.3, -0.25) is 0 Å². The summed E-state index contributed by atoms with van der Waals surface area (Å²) in [5.41, 5.74) is -0.578. The van der Waals surface area contributed by atoms with Crippen LogP contribution in [0.2, 0.25) is 0 Å². The molecule has 0 saturated carbocycles. The lowest BCUT2D eigenvalue weighted by Gasteiger charge is -2.27. The van der Waals surface area contributed by atoms with Gasteiger partial charge in [0, 0.05) is 5.56 Å². The summed E-state index contributed by atoms with van der Waals surface area (Å²) in [4.78, 5) is 0. The molecule has 1 rings (SSSR count). The van der Waals surface area contributed by atoms with Crippen LogP contribution in [0.5, 0.6) is 5.75 Å². The molecule has 0 amide bonds. The highest BCUT2D eigenvalue weighted by atomic mass is 19.1. The molecule has 0 bridgehead atoms. The summed E-state index contributed by atoms with van der Waals surface area (Å²) >= 11 is 0. The predicted molar refractivity (Wildman–Crippen MR) is 63.3 cm³/mol. The highest BCUT2D eigenvalue weighted by Crippen LogP contribution is 2.23. The lowest BCUT2D eigenvalue weighted by Crippen LogP contribution is -2.38. The van der Waals surface area contributed by atoms with Crippen molar-refractivity contribution in [3.05, 3.63) is 29.6 Å². The minimum absolute atomic E-state index is 0.0422. The van der Waals surface area contributed by atoms with Crippen LogP contribution in [0.15, 0.2) is 18.2 Å². The van der Waals surface area contributed by atoms with Gasteiger partial charge in [-0.25, -0.2) is 4.39 Å². The molecular weight excluding hydrogens is 223 g/mol. The molecule has 0 fully saturated rings. The van der Waals surface area contributed by atoms with Gasteiger partial charge < -0.3 is 14.9 Å². The minimum atomic E-state index is -0.957. The van der Waals surface area contributed by atoms with Crippen LogP contribution in [0.25, 0.3) is 0 Å². The van der Waals surface area contributed by atoms with E-state index in [9.17, 15) is 9.50 Å². The first kappa shape index (κ1) is 13.9.